The van der Waals surface area contributed by atoms with Crippen molar-refractivity contribution in [3.63, 3.8) is 0 Å². The fourth-order valence-electron chi connectivity index (χ4n) is 0.911. The number of rotatable bonds is 4. The number of benzene rings is 1. The Labute approximate surface area is 93.4 Å². The van der Waals surface area contributed by atoms with Crippen molar-refractivity contribution in [2.45, 2.75) is 13.2 Å². The average molecular weight is 226 g/mol. The molecule has 0 aliphatic carbocycles. The Kier molecular flexibility index (Phi) is 4.63. The lowest BCUT2D eigenvalue weighted by atomic mass is 10.3. The van der Waals surface area contributed by atoms with Crippen LogP contribution >= 0.6 is 11.6 Å². The number of halogens is 1. The van der Waals surface area contributed by atoms with E-state index in [9.17, 15) is 0 Å². The fraction of sp³-hybridized carbons (Fsp3) is 0.200. The molecule has 5 heteroatoms. The van der Waals surface area contributed by atoms with Gasteiger partial charge in [0.15, 0.2) is 6.23 Å². The lowest BCUT2D eigenvalue weighted by Gasteiger charge is -2.09. The standard InChI is InChI=1S/C10H12ClN3O/c1-8(14-7-13-6-12)15-10-4-2-9(11)3-5-10/h2-8H,1H3,(H2,12,13,14). The average Bonchev–Trinajstić information content (AvgIpc) is 2.22. The number of aliphatic imine (C=N–C) groups is 2. The van der Waals surface area contributed by atoms with E-state index in [-0.39, 0.29) is 6.23 Å². The predicted octanol–water partition coefficient (Wildman–Crippen LogP) is 2.08. The van der Waals surface area contributed by atoms with Crippen LogP contribution in [0.25, 0.3) is 0 Å². The molecule has 0 amide bonds. The Balaban J connectivity index is 2.51. The Bertz CT molecular complexity index is 348. The lowest BCUT2D eigenvalue weighted by Crippen LogP contribution is -2.08. The van der Waals surface area contributed by atoms with Crippen molar-refractivity contribution in [1.29, 1.82) is 0 Å². The molecule has 1 aromatic carbocycles. The molecule has 0 bridgehead atoms. The van der Waals surface area contributed by atoms with Crippen LogP contribution in [0.1, 0.15) is 6.92 Å². The van der Waals surface area contributed by atoms with Gasteiger partial charge in [-0.15, -0.1) is 0 Å². The Morgan fingerprint density at radius 2 is 2.07 bits per heavy atom. The molecule has 15 heavy (non-hydrogen) atoms. The molecule has 0 radical (unpaired) electrons. The first kappa shape index (κ1) is 11.5. The van der Waals surface area contributed by atoms with Crippen LogP contribution in [0.2, 0.25) is 5.02 Å². The summed E-state index contributed by atoms with van der Waals surface area (Å²) in [6, 6.07) is 7.07. The Morgan fingerprint density at radius 1 is 1.40 bits per heavy atom. The topological polar surface area (TPSA) is 60.0 Å². The number of hydrogen-bond donors (Lipinski definition) is 1. The van der Waals surface area contributed by atoms with Gasteiger partial charge < -0.3 is 10.5 Å². The Morgan fingerprint density at radius 3 is 2.67 bits per heavy atom. The predicted molar refractivity (Wildman–Crippen MR) is 62.7 cm³/mol. The molecule has 0 heterocycles. The molecule has 4 nitrogen and oxygen atoms in total. The zero-order chi connectivity index (χ0) is 11.1. The van der Waals surface area contributed by atoms with E-state index in [4.69, 9.17) is 22.1 Å². The summed E-state index contributed by atoms with van der Waals surface area (Å²) >= 11 is 5.73. The first-order valence-electron chi connectivity index (χ1n) is 4.39. The minimum absolute atomic E-state index is 0.310. The molecule has 1 atom stereocenters. The van der Waals surface area contributed by atoms with Gasteiger partial charge in [-0.25, -0.2) is 9.98 Å². The van der Waals surface area contributed by atoms with Crippen LogP contribution < -0.4 is 10.5 Å². The minimum atomic E-state index is -0.310. The maximum absolute atomic E-state index is 5.73. The van der Waals surface area contributed by atoms with Crippen molar-refractivity contribution >= 4 is 24.3 Å². The van der Waals surface area contributed by atoms with Gasteiger partial charge in [0.1, 0.15) is 12.1 Å². The highest BCUT2D eigenvalue weighted by atomic mass is 35.5. The second kappa shape index (κ2) is 6.03. The molecular weight excluding hydrogens is 214 g/mol. The summed E-state index contributed by atoms with van der Waals surface area (Å²) in [6.45, 7) is 1.80. The van der Waals surface area contributed by atoms with Gasteiger partial charge >= 0.3 is 0 Å². The van der Waals surface area contributed by atoms with E-state index in [2.05, 4.69) is 9.98 Å². The van der Waals surface area contributed by atoms with Gasteiger partial charge in [0, 0.05) is 5.02 Å². The molecule has 0 aliphatic heterocycles. The molecule has 0 fully saturated rings. The van der Waals surface area contributed by atoms with Gasteiger partial charge in [-0.3, -0.25) is 0 Å². The first-order chi connectivity index (χ1) is 7.22. The smallest absolute Gasteiger partial charge is 0.188 e. The lowest BCUT2D eigenvalue weighted by molar-refractivity contribution is 0.233. The summed E-state index contributed by atoms with van der Waals surface area (Å²) in [5.41, 5.74) is 5.05. The minimum Gasteiger partial charge on any atom is -0.469 e. The van der Waals surface area contributed by atoms with Gasteiger partial charge in [-0.05, 0) is 31.2 Å². The highest BCUT2D eigenvalue weighted by molar-refractivity contribution is 6.30. The third-order valence-electron chi connectivity index (χ3n) is 1.55. The van der Waals surface area contributed by atoms with E-state index >= 15 is 0 Å². The van der Waals surface area contributed by atoms with Crippen LogP contribution in [-0.2, 0) is 0 Å². The van der Waals surface area contributed by atoms with Crippen molar-refractivity contribution in [3.05, 3.63) is 29.3 Å². The van der Waals surface area contributed by atoms with Crippen molar-refractivity contribution < 1.29 is 4.74 Å². The summed E-state index contributed by atoms with van der Waals surface area (Å²) in [5.74, 6) is 0.709. The fourth-order valence-corrected chi connectivity index (χ4v) is 1.04. The Hall–Kier alpha value is -1.55. The second-order valence-corrected chi connectivity index (χ2v) is 3.17. The van der Waals surface area contributed by atoms with Crippen molar-refractivity contribution in [2.75, 3.05) is 0 Å². The van der Waals surface area contributed by atoms with Crippen molar-refractivity contribution in [2.24, 2.45) is 15.7 Å². The number of nitrogens with zero attached hydrogens (tertiary/aromatic N) is 2. The molecule has 80 valence electrons. The highest BCUT2D eigenvalue weighted by Gasteiger charge is 1.99. The van der Waals surface area contributed by atoms with Crippen LogP contribution in [-0.4, -0.2) is 18.9 Å². The van der Waals surface area contributed by atoms with Crippen LogP contribution in [0.3, 0.4) is 0 Å². The molecule has 0 saturated heterocycles. The zero-order valence-electron chi connectivity index (χ0n) is 8.30. The normalized spacial score (nSPS) is 13.5. The maximum Gasteiger partial charge on any atom is 0.188 e. The van der Waals surface area contributed by atoms with Gasteiger partial charge in [0.2, 0.25) is 0 Å². The van der Waals surface area contributed by atoms with Crippen LogP contribution in [0.15, 0.2) is 34.3 Å². The van der Waals surface area contributed by atoms with Gasteiger partial charge in [0.25, 0.3) is 0 Å². The molecule has 1 aromatic rings. The largest absolute Gasteiger partial charge is 0.469 e. The van der Waals surface area contributed by atoms with E-state index in [0.717, 1.165) is 0 Å². The molecule has 2 N–H and O–H groups in total. The van der Waals surface area contributed by atoms with Gasteiger partial charge in [0.05, 0.1) is 6.34 Å². The molecule has 0 saturated carbocycles. The van der Waals surface area contributed by atoms with Crippen LogP contribution in [0, 0.1) is 0 Å². The third-order valence-corrected chi connectivity index (χ3v) is 1.80. The van der Waals surface area contributed by atoms with E-state index in [1.807, 2.05) is 0 Å². The molecular formula is C10H12ClN3O. The molecule has 1 rings (SSSR count). The van der Waals surface area contributed by atoms with E-state index in [0.29, 0.717) is 10.8 Å². The summed E-state index contributed by atoms with van der Waals surface area (Å²) in [6.07, 6.45) is 2.20. The number of nitrogens with two attached hydrogens (primary N) is 1. The summed E-state index contributed by atoms with van der Waals surface area (Å²) in [5, 5.41) is 0.672. The van der Waals surface area contributed by atoms with E-state index < -0.39 is 0 Å². The quantitative estimate of drug-likeness (QED) is 0.630. The zero-order valence-corrected chi connectivity index (χ0v) is 9.06. The van der Waals surface area contributed by atoms with Crippen LogP contribution in [0.4, 0.5) is 0 Å². The SMILES string of the molecule is CC(/N=C/N=CN)Oc1ccc(Cl)cc1. The molecule has 0 aromatic heterocycles. The van der Waals surface area contributed by atoms with E-state index in [1.165, 1.54) is 12.7 Å². The first-order valence-corrected chi connectivity index (χ1v) is 4.77. The number of ether oxygens (including phenoxy) is 1. The van der Waals surface area contributed by atoms with E-state index in [1.54, 1.807) is 31.2 Å². The van der Waals surface area contributed by atoms with Crippen molar-refractivity contribution in [3.8, 4) is 5.75 Å². The summed E-state index contributed by atoms with van der Waals surface area (Å²) in [4.78, 5) is 7.60. The molecule has 0 spiro atoms. The summed E-state index contributed by atoms with van der Waals surface area (Å²) < 4.78 is 5.44. The summed E-state index contributed by atoms with van der Waals surface area (Å²) in [7, 11) is 0. The van der Waals surface area contributed by atoms with Crippen molar-refractivity contribution in [1.82, 2.24) is 0 Å². The monoisotopic (exact) mass is 225 g/mol. The number of hydrogen-bond acceptors (Lipinski definition) is 2. The third kappa shape index (κ3) is 4.46. The van der Waals surface area contributed by atoms with Gasteiger partial charge in [-0.2, -0.15) is 0 Å². The second-order valence-electron chi connectivity index (χ2n) is 2.73. The highest BCUT2D eigenvalue weighted by Crippen LogP contribution is 2.16. The van der Waals surface area contributed by atoms with Crippen LogP contribution in [0.5, 0.6) is 5.75 Å². The molecule has 1 unspecified atom stereocenters. The van der Waals surface area contributed by atoms with Gasteiger partial charge in [-0.1, -0.05) is 11.6 Å². The molecule has 0 aliphatic rings. The maximum atomic E-state index is 5.73.